The highest BCUT2D eigenvalue weighted by atomic mass is 35.5. The van der Waals surface area contributed by atoms with Crippen molar-refractivity contribution < 1.29 is 5.11 Å². The van der Waals surface area contributed by atoms with Crippen molar-refractivity contribution in [3.05, 3.63) is 53.2 Å². The standard InChI is InChI=1S/C14H16ClN3O/c15-13-7-6-12(16)14(17-13)18(8-9-19)10-11-4-2-1-3-5-11/h1-7,19H,8-10,16H2. The minimum atomic E-state index is 0.0282. The molecule has 1 heterocycles. The predicted molar refractivity (Wildman–Crippen MR) is 78.2 cm³/mol. The number of anilines is 2. The van der Waals surface area contributed by atoms with Crippen LogP contribution in [-0.4, -0.2) is 23.2 Å². The number of hydrogen-bond acceptors (Lipinski definition) is 4. The highest BCUT2D eigenvalue weighted by Crippen LogP contribution is 2.24. The average molecular weight is 278 g/mol. The zero-order valence-corrected chi connectivity index (χ0v) is 11.2. The molecule has 5 heteroatoms. The molecule has 0 amide bonds. The van der Waals surface area contributed by atoms with E-state index in [1.165, 1.54) is 0 Å². The molecule has 0 aliphatic carbocycles. The molecule has 3 N–H and O–H groups in total. The first-order valence-corrected chi connectivity index (χ1v) is 6.40. The molecule has 4 nitrogen and oxygen atoms in total. The Bertz CT molecular complexity index is 533. The molecule has 2 rings (SSSR count). The molecule has 0 spiro atoms. The first-order chi connectivity index (χ1) is 9.20. The zero-order valence-electron chi connectivity index (χ0n) is 10.5. The zero-order chi connectivity index (χ0) is 13.7. The summed E-state index contributed by atoms with van der Waals surface area (Å²) in [6.45, 7) is 1.10. The highest BCUT2D eigenvalue weighted by molar-refractivity contribution is 6.29. The van der Waals surface area contributed by atoms with Gasteiger partial charge in [0.05, 0.1) is 12.3 Å². The Hall–Kier alpha value is -1.78. The van der Waals surface area contributed by atoms with Crippen molar-refractivity contribution in [2.45, 2.75) is 6.54 Å². The number of nitrogen functional groups attached to an aromatic ring is 1. The van der Waals surface area contributed by atoms with E-state index in [9.17, 15) is 5.11 Å². The summed E-state index contributed by atoms with van der Waals surface area (Å²) in [6.07, 6.45) is 0. The third kappa shape index (κ3) is 3.59. The van der Waals surface area contributed by atoms with Crippen LogP contribution in [0.2, 0.25) is 5.15 Å². The molecule has 19 heavy (non-hydrogen) atoms. The van der Waals surface area contributed by atoms with Crippen molar-refractivity contribution in [3.63, 3.8) is 0 Å². The highest BCUT2D eigenvalue weighted by Gasteiger charge is 2.12. The van der Waals surface area contributed by atoms with Crippen LogP contribution in [0.4, 0.5) is 11.5 Å². The summed E-state index contributed by atoms with van der Waals surface area (Å²) in [5.41, 5.74) is 7.60. The Balaban J connectivity index is 2.27. The number of benzene rings is 1. The SMILES string of the molecule is Nc1ccc(Cl)nc1N(CCO)Cc1ccccc1. The second kappa shape index (κ2) is 6.41. The molecule has 2 aromatic rings. The van der Waals surface area contributed by atoms with Crippen LogP contribution in [0.1, 0.15) is 5.56 Å². The Morgan fingerprint density at radius 1 is 1.16 bits per heavy atom. The lowest BCUT2D eigenvalue weighted by Gasteiger charge is -2.24. The Kier molecular flexibility index (Phi) is 4.60. The van der Waals surface area contributed by atoms with Gasteiger partial charge in [-0.15, -0.1) is 0 Å². The largest absolute Gasteiger partial charge is 0.396 e. The summed E-state index contributed by atoms with van der Waals surface area (Å²) in [5, 5.41) is 9.58. The molecule has 0 saturated heterocycles. The number of aromatic nitrogens is 1. The Morgan fingerprint density at radius 2 is 1.89 bits per heavy atom. The van der Waals surface area contributed by atoms with E-state index in [-0.39, 0.29) is 6.61 Å². The van der Waals surface area contributed by atoms with Crippen molar-refractivity contribution in [2.75, 3.05) is 23.8 Å². The van der Waals surface area contributed by atoms with E-state index >= 15 is 0 Å². The summed E-state index contributed by atoms with van der Waals surface area (Å²) in [6, 6.07) is 13.3. The second-order valence-electron chi connectivity index (χ2n) is 4.18. The van der Waals surface area contributed by atoms with Crippen molar-refractivity contribution in [1.82, 2.24) is 4.98 Å². The minimum absolute atomic E-state index is 0.0282. The van der Waals surface area contributed by atoms with Crippen molar-refractivity contribution >= 4 is 23.1 Å². The Labute approximate surface area is 117 Å². The van der Waals surface area contributed by atoms with Crippen molar-refractivity contribution in [1.29, 1.82) is 0 Å². The molecule has 1 aromatic carbocycles. The summed E-state index contributed by atoms with van der Waals surface area (Å²) in [7, 11) is 0. The average Bonchev–Trinajstić information content (AvgIpc) is 2.42. The fourth-order valence-electron chi connectivity index (χ4n) is 1.87. The molecule has 100 valence electrons. The summed E-state index contributed by atoms with van der Waals surface area (Å²) >= 11 is 5.91. The first kappa shape index (κ1) is 13.6. The number of aliphatic hydroxyl groups is 1. The summed E-state index contributed by atoms with van der Waals surface area (Å²) < 4.78 is 0. The number of aliphatic hydroxyl groups excluding tert-OH is 1. The lowest BCUT2D eigenvalue weighted by Crippen LogP contribution is -2.27. The molecular formula is C14H16ClN3O. The van der Waals surface area contributed by atoms with Gasteiger partial charge in [-0.05, 0) is 17.7 Å². The topological polar surface area (TPSA) is 62.4 Å². The van der Waals surface area contributed by atoms with E-state index in [0.717, 1.165) is 5.56 Å². The number of rotatable bonds is 5. The third-order valence-corrected chi connectivity index (χ3v) is 2.97. The maximum Gasteiger partial charge on any atom is 0.153 e. The van der Waals surface area contributed by atoms with E-state index in [0.29, 0.717) is 29.7 Å². The molecular weight excluding hydrogens is 262 g/mol. The van der Waals surface area contributed by atoms with Gasteiger partial charge >= 0.3 is 0 Å². The van der Waals surface area contributed by atoms with Gasteiger partial charge in [0.1, 0.15) is 5.15 Å². The van der Waals surface area contributed by atoms with E-state index in [1.54, 1.807) is 12.1 Å². The summed E-state index contributed by atoms with van der Waals surface area (Å²) in [4.78, 5) is 6.16. The lowest BCUT2D eigenvalue weighted by atomic mass is 10.2. The smallest absolute Gasteiger partial charge is 0.153 e. The van der Waals surface area contributed by atoms with Crippen LogP contribution in [0.25, 0.3) is 0 Å². The number of nitrogens with two attached hydrogens (primary N) is 1. The molecule has 1 aromatic heterocycles. The van der Waals surface area contributed by atoms with Crippen LogP contribution in [0.3, 0.4) is 0 Å². The summed E-state index contributed by atoms with van der Waals surface area (Å²) in [5.74, 6) is 0.602. The van der Waals surface area contributed by atoms with Crippen LogP contribution < -0.4 is 10.6 Å². The maximum absolute atomic E-state index is 9.19. The quantitative estimate of drug-likeness (QED) is 0.824. The molecule has 0 atom stereocenters. The molecule has 0 aliphatic heterocycles. The first-order valence-electron chi connectivity index (χ1n) is 6.02. The normalized spacial score (nSPS) is 10.4. The minimum Gasteiger partial charge on any atom is -0.396 e. The van der Waals surface area contributed by atoms with E-state index < -0.39 is 0 Å². The predicted octanol–water partition coefficient (Wildman–Crippen LogP) is 2.32. The van der Waals surface area contributed by atoms with Crippen LogP contribution in [-0.2, 0) is 6.54 Å². The van der Waals surface area contributed by atoms with E-state index in [2.05, 4.69) is 4.98 Å². The number of nitrogens with zero attached hydrogens (tertiary/aromatic N) is 2. The van der Waals surface area contributed by atoms with Gasteiger partial charge in [-0.25, -0.2) is 4.98 Å². The van der Waals surface area contributed by atoms with Gasteiger partial charge in [-0.3, -0.25) is 0 Å². The lowest BCUT2D eigenvalue weighted by molar-refractivity contribution is 0.301. The van der Waals surface area contributed by atoms with Gasteiger partial charge in [-0.1, -0.05) is 41.9 Å². The maximum atomic E-state index is 9.19. The van der Waals surface area contributed by atoms with Gasteiger partial charge in [0.15, 0.2) is 5.82 Å². The van der Waals surface area contributed by atoms with Gasteiger partial charge < -0.3 is 15.7 Å². The molecule has 0 aliphatic rings. The van der Waals surface area contributed by atoms with E-state index in [1.807, 2.05) is 35.2 Å². The Morgan fingerprint density at radius 3 is 2.58 bits per heavy atom. The van der Waals surface area contributed by atoms with Crippen LogP contribution in [0.15, 0.2) is 42.5 Å². The third-order valence-electron chi connectivity index (χ3n) is 2.76. The molecule has 0 bridgehead atoms. The molecule has 0 fully saturated rings. The van der Waals surface area contributed by atoms with Gasteiger partial charge in [0, 0.05) is 13.1 Å². The van der Waals surface area contributed by atoms with Crippen LogP contribution in [0.5, 0.6) is 0 Å². The molecule has 0 radical (unpaired) electrons. The monoisotopic (exact) mass is 277 g/mol. The van der Waals surface area contributed by atoms with Crippen LogP contribution >= 0.6 is 11.6 Å². The van der Waals surface area contributed by atoms with Crippen molar-refractivity contribution in [2.24, 2.45) is 0 Å². The number of pyridine rings is 1. The second-order valence-corrected chi connectivity index (χ2v) is 4.56. The van der Waals surface area contributed by atoms with Gasteiger partial charge in [0.25, 0.3) is 0 Å². The fourth-order valence-corrected chi connectivity index (χ4v) is 2.02. The number of halogens is 1. The van der Waals surface area contributed by atoms with Gasteiger partial charge in [0.2, 0.25) is 0 Å². The number of hydrogen-bond donors (Lipinski definition) is 2. The van der Waals surface area contributed by atoms with Crippen LogP contribution in [0, 0.1) is 0 Å². The van der Waals surface area contributed by atoms with Crippen molar-refractivity contribution in [3.8, 4) is 0 Å². The van der Waals surface area contributed by atoms with Gasteiger partial charge in [-0.2, -0.15) is 0 Å². The molecule has 0 unspecified atom stereocenters. The van der Waals surface area contributed by atoms with E-state index in [4.69, 9.17) is 17.3 Å². The molecule has 0 saturated carbocycles. The fraction of sp³-hybridized carbons (Fsp3) is 0.214.